The molecule has 0 spiro atoms. The summed E-state index contributed by atoms with van der Waals surface area (Å²) in [6, 6.07) is 6.42. The average molecular weight is 206 g/mol. The fraction of sp³-hybridized carbons (Fsp3) is 0.500. The van der Waals surface area contributed by atoms with Crippen molar-refractivity contribution in [3.05, 3.63) is 23.8 Å². The van der Waals surface area contributed by atoms with Gasteiger partial charge in [0.25, 0.3) is 0 Å². The van der Waals surface area contributed by atoms with Crippen LogP contribution in [-0.2, 0) is 6.42 Å². The Labute approximate surface area is 90.8 Å². The number of ether oxygens (including phenoxy) is 1. The molecule has 1 aromatic carbocycles. The summed E-state index contributed by atoms with van der Waals surface area (Å²) < 4.78 is 5.39. The zero-order valence-electron chi connectivity index (χ0n) is 9.36. The van der Waals surface area contributed by atoms with Crippen molar-refractivity contribution in [3.63, 3.8) is 0 Å². The smallest absolute Gasteiger partial charge is 0.142 e. The van der Waals surface area contributed by atoms with Gasteiger partial charge in [-0.15, -0.1) is 0 Å². The monoisotopic (exact) mass is 206 g/mol. The summed E-state index contributed by atoms with van der Waals surface area (Å²) in [6.45, 7) is 3.98. The first-order chi connectivity index (χ1) is 7.22. The van der Waals surface area contributed by atoms with Gasteiger partial charge in [-0.2, -0.15) is 0 Å². The maximum atomic E-state index is 5.84. The summed E-state index contributed by atoms with van der Waals surface area (Å²) in [5.41, 5.74) is 8.44. The van der Waals surface area contributed by atoms with Gasteiger partial charge in [0.1, 0.15) is 5.75 Å². The molecule has 0 saturated carbocycles. The van der Waals surface area contributed by atoms with Crippen LogP contribution in [-0.4, -0.2) is 26.2 Å². The lowest BCUT2D eigenvalue weighted by molar-refractivity contribution is 0.414. The summed E-state index contributed by atoms with van der Waals surface area (Å²) in [6.07, 6.45) is 1.10. The summed E-state index contributed by atoms with van der Waals surface area (Å²) >= 11 is 0. The first-order valence-corrected chi connectivity index (χ1v) is 5.38. The summed E-state index contributed by atoms with van der Waals surface area (Å²) in [5, 5.41) is 0. The lowest BCUT2D eigenvalue weighted by Crippen LogP contribution is -2.34. The molecule has 3 heteroatoms. The minimum Gasteiger partial charge on any atom is -0.495 e. The normalized spacial score (nSPS) is 16.3. The number of methoxy groups -OCH3 is 1. The van der Waals surface area contributed by atoms with Gasteiger partial charge in [0.05, 0.1) is 12.8 Å². The zero-order valence-corrected chi connectivity index (χ0v) is 9.36. The Kier molecular flexibility index (Phi) is 2.82. The first kappa shape index (κ1) is 10.3. The van der Waals surface area contributed by atoms with E-state index in [4.69, 9.17) is 10.5 Å². The minimum absolute atomic E-state index is 0.195. The summed E-state index contributed by atoms with van der Waals surface area (Å²) in [4.78, 5) is 2.32. The number of hydrogen-bond donors (Lipinski definition) is 1. The van der Waals surface area contributed by atoms with Gasteiger partial charge < -0.3 is 15.4 Å². The molecule has 1 aromatic rings. The van der Waals surface area contributed by atoms with E-state index in [-0.39, 0.29) is 6.04 Å². The van der Waals surface area contributed by atoms with Crippen molar-refractivity contribution >= 4 is 5.69 Å². The van der Waals surface area contributed by atoms with Crippen molar-refractivity contribution in [2.45, 2.75) is 19.4 Å². The molecule has 15 heavy (non-hydrogen) atoms. The highest BCUT2D eigenvalue weighted by Gasteiger charge is 2.23. The third kappa shape index (κ3) is 1.92. The van der Waals surface area contributed by atoms with Crippen molar-refractivity contribution in [1.82, 2.24) is 0 Å². The number of hydrogen-bond acceptors (Lipinski definition) is 3. The Morgan fingerprint density at radius 1 is 1.53 bits per heavy atom. The molecule has 0 saturated heterocycles. The van der Waals surface area contributed by atoms with E-state index in [9.17, 15) is 0 Å². The molecule has 1 unspecified atom stereocenters. The Balaban J connectivity index is 2.31. The van der Waals surface area contributed by atoms with E-state index in [0.29, 0.717) is 0 Å². The van der Waals surface area contributed by atoms with Crippen LogP contribution in [0.2, 0.25) is 0 Å². The van der Waals surface area contributed by atoms with Gasteiger partial charge in [0.15, 0.2) is 0 Å². The molecule has 1 aliphatic heterocycles. The molecule has 2 rings (SSSR count). The third-order valence-electron chi connectivity index (χ3n) is 2.78. The number of anilines is 1. The van der Waals surface area contributed by atoms with Crippen LogP contribution in [0.1, 0.15) is 12.5 Å². The van der Waals surface area contributed by atoms with E-state index < -0.39 is 0 Å². The standard InChI is InChI=1S/C12H18N2O/c1-9(13)8-14-7-6-10-4-3-5-11(15-2)12(10)14/h3-5,9H,6-8,13H2,1-2H3. The zero-order chi connectivity index (χ0) is 10.8. The molecule has 0 aromatic heterocycles. The average Bonchev–Trinajstić information content (AvgIpc) is 2.61. The van der Waals surface area contributed by atoms with Gasteiger partial charge in [0, 0.05) is 19.1 Å². The molecule has 2 N–H and O–H groups in total. The lowest BCUT2D eigenvalue weighted by Gasteiger charge is -2.23. The Bertz CT molecular complexity index is 349. The molecule has 1 atom stereocenters. The molecule has 0 radical (unpaired) electrons. The van der Waals surface area contributed by atoms with Gasteiger partial charge in [0.2, 0.25) is 0 Å². The van der Waals surface area contributed by atoms with Crippen LogP contribution in [0, 0.1) is 0 Å². The topological polar surface area (TPSA) is 38.5 Å². The van der Waals surface area contributed by atoms with Gasteiger partial charge in [-0.25, -0.2) is 0 Å². The largest absolute Gasteiger partial charge is 0.495 e. The molecule has 82 valence electrons. The molecule has 0 fully saturated rings. The predicted octanol–water partition coefficient (Wildman–Crippen LogP) is 1.40. The highest BCUT2D eigenvalue weighted by atomic mass is 16.5. The predicted molar refractivity (Wildman–Crippen MR) is 62.6 cm³/mol. The molecular weight excluding hydrogens is 188 g/mol. The van der Waals surface area contributed by atoms with Crippen LogP contribution in [0.3, 0.4) is 0 Å². The third-order valence-corrected chi connectivity index (χ3v) is 2.78. The lowest BCUT2D eigenvalue weighted by atomic mass is 10.1. The SMILES string of the molecule is COc1cccc2c1N(CC(C)N)CC2. The maximum Gasteiger partial charge on any atom is 0.142 e. The molecule has 0 amide bonds. The molecule has 1 aliphatic rings. The van der Waals surface area contributed by atoms with Crippen molar-refractivity contribution in [2.24, 2.45) is 5.73 Å². The van der Waals surface area contributed by atoms with E-state index in [1.54, 1.807) is 7.11 Å². The number of rotatable bonds is 3. The quantitative estimate of drug-likeness (QED) is 0.812. The molecule has 3 nitrogen and oxygen atoms in total. The molecule has 1 heterocycles. The summed E-state index contributed by atoms with van der Waals surface area (Å²) in [7, 11) is 1.72. The van der Waals surface area contributed by atoms with Crippen LogP contribution in [0.5, 0.6) is 5.75 Å². The van der Waals surface area contributed by atoms with Gasteiger partial charge >= 0.3 is 0 Å². The van der Waals surface area contributed by atoms with Crippen LogP contribution >= 0.6 is 0 Å². The van der Waals surface area contributed by atoms with Crippen molar-refractivity contribution in [2.75, 3.05) is 25.1 Å². The second-order valence-corrected chi connectivity index (χ2v) is 4.14. The fourth-order valence-corrected chi connectivity index (χ4v) is 2.19. The van der Waals surface area contributed by atoms with Gasteiger partial charge in [-0.05, 0) is 25.0 Å². The number of nitrogens with zero attached hydrogens (tertiary/aromatic N) is 1. The number of fused-ring (bicyclic) bond motifs is 1. The number of para-hydroxylation sites is 1. The number of nitrogens with two attached hydrogens (primary N) is 1. The second-order valence-electron chi connectivity index (χ2n) is 4.14. The van der Waals surface area contributed by atoms with Crippen LogP contribution in [0.4, 0.5) is 5.69 Å². The fourth-order valence-electron chi connectivity index (χ4n) is 2.19. The van der Waals surface area contributed by atoms with E-state index in [0.717, 1.165) is 25.3 Å². The van der Waals surface area contributed by atoms with Crippen LogP contribution < -0.4 is 15.4 Å². The van der Waals surface area contributed by atoms with Crippen LogP contribution in [0.15, 0.2) is 18.2 Å². The Morgan fingerprint density at radius 3 is 3.00 bits per heavy atom. The summed E-state index contributed by atoms with van der Waals surface area (Å²) in [5.74, 6) is 0.964. The first-order valence-electron chi connectivity index (χ1n) is 5.38. The van der Waals surface area contributed by atoms with E-state index in [1.165, 1.54) is 11.3 Å². The Morgan fingerprint density at radius 2 is 2.33 bits per heavy atom. The molecular formula is C12H18N2O. The number of benzene rings is 1. The Hall–Kier alpha value is -1.22. The van der Waals surface area contributed by atoms with Crippen molar-refractivity contribution in [3.8, 4) is 5.75 Å². The van der Waals surface area contributed by atoms with E-state index in [2.05, 4.69) is 11.0 Å². The molecule has 0 aliphatic carbocycles. The highest BCUT2D eigenvalue weighted by molar-refractivity contribution is 5.67. The van der Waals surface area contributed by atoms with Crippen molar-refractivity contribution < 1.29 is 4.74 Å². The minimum atomic E-state index is 0.195. The van der Waals surface area contributed by atoms with E-state index in [1.807, 2.05) is 19.1 Å². The van der Waals surface area contributed by atoms with E-state index >= 15 is 0 Å². The van der Waals surface area contributed by atoms with Crippen molar-refractivity contribution in [1.29, 1.82) is 0 Å². The molecule has 0 bridgehead atoms. The van der Waals surface area contributed by atoms with Crippen LogP contribution in [0.25, 0.3) is 0 Å². The second kappa shape index (κ2) is 4.11. The highest BCUT2D eigenvalue weighted by Crippen LogP contribution is 2.36. The van der Waals surface area contributed by atoms with Gasteiger partial charge in [-0.3, -0.25) is 0 Å². The van der Waals surface area contributed by atoms with Gasteiger partial charge in [-0.1, -0.05) is 12.1 Å². The maximum absolute atomic E-state index is 5.84.